The van der Waals surface area contributed by atoms with Crippen LogP contribution in [0.2, 0.25) is 0 Å². The van der Waals surface area contributed by atoms with Gasteiger partial charge >= 0.3 is 5.97 Å². The van der Waals surface area contributed by atoms with Gasteiger partial charge in [0, 0.05) is 5.92 Å². The number of carbonyl (C=O) groups is 1. The first kappa shape index (κ1) is 7.14. The molecule has 1 unspecified atom stereocenters. The predicted molar refractivity (Wildman–Crippen MR) is 41.0 cm³/mol. The van der Waals surface area contributed by atoms with Gasteiger partial charge in [-0.1, -0.05) is 13.3 Å². The Morgan fingerprint density at radius 1 is 1.45 bits per heavy atom. The van der Waals surface area contributed by atoms with Crippen LogP contribution in [-0.2, 0) is 9.53 Å². The highest BCUT2D eigenvalue weighted by Crippen LogP contribution is 2.37. The van der Waals surface area contributed by atoms with Crippen LogP contribution in [0.25, 0.3) is 0 Å². The lowest BCUT2D eigenvalue weighted by molar-refractivity contribution is -0.142. The van der Waals surface area contributed by atoms with Gasteiger partial charge < -0.3 is 4.74 Å². The van der Waals surface area contributed by atoms with Crippen LogP contribution in [0.4, 0.5) is 0 Å². The van der Waals surface area contributed by atoms with Crippen LogP contribution in [0, 0.1) is 11.8 Å². The molecule has 2 fully saturated rings. The fourth-order valence-electron chi connectivity index (χ4n) is 2.20. The van der Waals surface area contributed by atoms with Crippen LogP contribution in [0.5, 0.6) is 0 Å². The van der Waals surface area contributed by atoms with Crippen LogP contribution in [-0.4, -0.2) is 12.1 Å². The van der Waals surface area contributed by atoms with Gasteiger partial charge in [0.05, 0.1) is 6.42 Å². The first-order chi connectivity index (χ1) is 5.25. The zero-order chi connectivity index (χ0) is 7.84. The Hall–Kier alpha value is -0.530. The molecule has 11 heavy (non-hydrogen) atoms. The van der Waals surface area contributed by atoms with Crippen LogP contribution in [0.3, 0.4) is 0 Å². The second-order valence-electron chi connectivity index (χ2n) is 3.91. The van der Waals surface area contributed by atoms with Crippen molar-refractivity contribution in [2.75, 3.05) is 0 Å². The van der Waals surface area contributed by atoms with E-state index in [0.717, 1.165) is 12.3 Å². The molecule has 2 heteroatoms. The lowest BCUT2D eigenvalue weighted by Crippen LogP contribution is -2.24. The maximum atomic E-state index is 10.9. The third-order valence-electron chi connectivity index (χ3n) is 2.90. The van der Waals surface area contributed by atoms with E-state index in [1.807, 2.05) is 0 Å². The van der Waals surface area contributed by atoms with Gasteiger partial charge in [-0.2, -0.15) is 0 Å². The van der Waals surface area contributed by atoms with Crippen molar-refractivity contribution >= 4 is 5.97 Å². The average molecular weight is 154 g/mol. The summed E-state index contributed by atoms with van der Waals surface area (Å²) in [6.07, 6.45) is 4.51. The molecule has 0 aromatic carbocycles. The van der Waals surface area contributed by atoms with E-state index in [4.69, 9.17) is 4.74 Å². The summed E-state index contributed by atoms with van der Waals surface area (Å²) in [7, 11) is 0. The van der Waals surface area contributed by atoms with Crippen molar-refractivity contribution in [1.29, 1.82) is 0 Å². The lowest BCUT2D eigenvalue weighted by Gasteiger charge is -2.27. The maximum absolute atomic E-state index is 10.9. The van der Waals surface area contributed by atoms with Gasteiger partial charge in [0.15, 0.2) is 0 Å². The number of hydrogen-bond acceptors (Lipinski definition) is 2. The van der Waals surface area contributed by atoms with Gasteiger partial charge in [-0.3, -0.25) is 4.79 Å². The van der Waals surface area contributed by atoms with Gasteiger partial charge in [0.2, 0.25) is 0 Å². The van der Waals surface area contributed by atoms with Crippen LogP contribution in [0.1, 0.15) is 32.6 Å². The first-order valence-corrected chi connectivity index (χ1v) is 4.45. The molecule has 0 amide bonds. The molecule has 2 aliphatic rings. The summed E-state index contributed by atoms with van der Waals surface area (Å²) < 4.78 is 5.20. The number of rotatable bonds is 0. The van der Waals surface area contributed by atoms with Crippen molar-refractivity contribution < 1.29 is 9.53 Å². The minimum absolute atomic E-state index is 0.0223. The Balaban J connectivity index is 2.02. The number of ether oxygens (including phenoxy) is 1. The zero-order valence-electron chi connectivity index (χ0n) is 6.88. The van der Waals surface area contributed by atoms with Crippen molar-refractivity contribution in [3.63, 3.8) is 0 Å². The molecule has 0 aromatic heterocycles. The van der Waals surface area contributed by atoms with Crippen molar-refractivity contribution in [1.82, 2.24) is 0 Å². The average Bonchev–Trinajstić information content (AvgIpc) is 2.27. The van der Waals surface area contributed by atoms with E-state index in [0.29, 0.717) is 12.3 Å². The van der Waals surface area contributed by atoms with Gasteiger partial charge in [-0.25, -0.2) is 0 Å². The molecule has 62 valence electrons. The van der Waals surface area contributed by atoms with Crippen molar-refractivity contribution in [2.24, 2.45) is 11.8 Å². The molecule has 1 heterocycles. The summed E-state index contributed by atoms with van der Waals surface area (Å²) in [5.74, 6) is 1.33. The van der Waals surface area contributed by atoms with Gasteiger partial charge in [0.25, 0.3) is 0 Å². The minimum atomic E-state index is 0.0223. The van der Waals surface area contributed by atoms with Crippen molar-refractivity contribution in [3.05, 3.63) is 0 Å². The minimum Gasteiger partial charge on any atom is -0.462 e. The lowest BCUT2D eigenvalue weighted by atomic mass is 9.81. The van der Waals surface area contributed by atoms with Crippen LogP contribution < -0.4 is 0 Å². The van der Waals surface area contributed by atoms with Crippen molar-refractivity contribution in [3.8, 4) is 0 Å². The summed E-state index contributed by atoms with van der Waals surface area (Å²) in [4.78, 5) is 10.9. The quantitative estimate of drug-likeness (QED) is 0.497. The normalized spacial score (nSPS) is 43.4. The number of esters is 1. The van der Waals surface area contributed by atoms with Crippen LogP contribution in [0.15, 0.2) is 0 Å². The monoisotopic (exact) mass is 154 g/mol. The SMILES string of the molecule is CC1CC[C@H]2CC(=O)O[C@@H]2C1. The molecule has 2 rings (SSSR count). The largest absolute Gasteiger partial charge is 0.462 e. The molecule has 0 bridgehead atoms. The Labute approximate surface area is 66.9 Å². The molecule has 3 atom stereocenters. The predicted octanol–water partition coefficient (Wildman–Crippen LogP) is 1.74. The molecular formula is C9H14O2. The van der Waals surface area contributed by atoms with E-state index in [1.165, 1.54) is 12.8 Å². The Morgan fingerprint density at radius 2 is 2.27 bits per heavy atom. The molecule has 0 N–H and O–H groups in total. The summed E-state index contributed by atoms with van der Waals surface area (Å²) in [5.41, 5.74) is 0. The van der Waals surface area contributed by atoms with E-state index < -0.39 is 0 Å². The van der Waals surface area contributed by atoms with Crippen molar-refractivity contribution in [2.45, 2.75) is 38.7 Å². The third kappa shape index (κ3) is 1.26. The highest BCUT2D eigenvalue weighted by Gasteiger charge is 2.38. The molecular weight excluding hydrogens is 140 g/mol. The number of hydrogen-bond donors (Lipinski definition) is 0. The highest BCUT2D eigenvalue weighted by molar-refractivity contribution is 5.72. The summed E-state index contributed by atoms with van der Waals surface area (Å²) >= 11 is 0. The fourth-order valence-corrected chi connectivity index (χ4v) is 2.20. The van der Waals surface area contributed by atoms with E-state index in [9.17, 15) is 4.79 Å². The highest BCUT2D eigenvalue weighted by atomic mass is 16.5. The van der Waals surface area contributed by atoms with Crippen LogP contribution >= 0.6 is 0 Å². The van der Waals surface area contributed by atoms with E-state index in [-0.39, 0.29) is 12.1 Å². The molecule has 1 aliphatic carbocycles. The Morgan fingerprint density at radius 3 is 3.09 bits per heavy atom. The van der Waals surface area contributed by atoms with Gasteiger partial charge in [-0.15, -0.1) is 0 Å². The van der Waals surface area contributed by atoms with Gasteiger partial charge in [-0.05, 0) is 18.8 Å². The third-order valence-corrected chi connectivity index (χ3v) is 2.90. The molecule has 2 nitrogen and oxygen atoms in total. The standard InChI is InChI=1S/C9H14O2/c1-6-2-3-7-5-9(10)11-8(7)4-6/h6-8H,2-5H2,1H3/t6?,7-,8+/m0/s1. The Bertz CT molecular complexity index is 176. The molecule has 1 aliphatic heterocycles. The smallest absolute Gasteiger partial charge is 0.306 e. The Kier molecular flexibility index (Phi) is 1.63. The molecule has 0 radical (unpaired) electrons. The topological polar surface area (TPSA) is 26.3 Å². The maximum Gasteiger partial charge on any atom is 0.306 e. The second kappa shape index (κ2) is 2.50. The summed E-state index contributed by atoms with van der Waals surface area (Å²) in [6.45, 7) is 2.24. The van der Waals surface area contributed by atoms with E-state index in [1.54, 1.807) is 0 Å². The van der Waals surface area contributed by atoms with E-state index in [2.05, 4.69) is 6.92 Å². The number of carbonyl (C=O) groups excluding carboxylic acids is 1. The summed E-state index contributed by atoms with van der Waals surface area (Å²) in [5, 5.41) is 0. The molecule has 0 spiro atoms. The molecule has 0 aromatic rings. The molecule has 1 saturated carbocycles. The fraction of sp³-hybridized carbons (Fsp3) is 0.889. The first-order valence-electron chi connectivity index (χ1n) is 4.45. The summed E-state index contributed by atoms with van der Waals surface area (Å²) in [6, 6.07) is 0. The molecule has 1 saturated heterocycles. The van der Waals surface area contributed by atoms with E-state index >= 15 is 0 Å². The zero-order valence-corrected chi connectivity index (χ0v) is 6.88. The number of fused-ring (bicyclic) bond motifs is 1. The second-order valence-corrected chi connectivity index (χ2v) is 3.91. The van der Waals surface area contributed by atoms with Gasteiger partial charge in [0.1, 0.15) is 6.10 Å².